The SMILES string of the molecule is CSC1=C(C#N)C(=O)NC(c2ccc([N+](=O)[O-])cc2)S1. The zero-order chi connectivity index (χ0) is 14.7. The van der Waals surface area contributed by atoms with Crippen molar-refractivity contribution in [3.63, 3.8) is 0 Å². The lowest BCUT2D eigenvalue weighted by Gasteiger charge is -2.24. The minimum absolute atomic E-state index is 0.000711. The van der Waals surface area contributed by atoms with Gasteiger partial charge in [0.05, 0.1) is 9.16 Å². The summed E-state index contributed by atoms with van der Waals surface area (Å²) in [6.45, 7) is 0. The van der Waals surface area contributed by atoms with E-state index >= 15 is 0 Å². The molecule has 1 aromatic carbocycles. The van der Waals surface area contributed by atoms with Gasteiger partial charge >= 0.3 is 0 Å². The maximum Gasteiger partial charge on any atom is 0.269 e. The van der Waals surface area contributed by atoms with Crippen LogP contribution in [0.2, 0.25) is 0 Å². The zero-order valence-corrected chi connectivity index (χ0v) is 12.0. The zero-order valence-electron chi connectivity index (χ0n) is 10.3. The molecule has 1 aliphatic heterocycles. The van der Waals surface area contributed by atoms with Crippen LogP contribution in [0.3, 0.4) is 0 Å². The van der Waals surface area contributed by atoms with Crippen molar-refractivity contribution in [1.29, 1.82) is 5.26 Å². The van der Waals surface area contributed by atoms with Crippen molar-refractivity contribution < 1.29 is 9.72 Å². The van der Waals surface area contributed by atoms with Gasteiger partial charge in [-0.1, -0.05) is 11.8 Å². The van der Waals surface area contributed by atoms with Crippen molar-refractivity contribution in [2.24, 2.45) is 0 Å². The molecule has 1 heterocycles. The standard InChI is InChI=1S/C12H9N3O3S2/c1-19-12-9(6-13)10(16)14-11(20-12)7-2-4-8(5-3-7)15(17)18/h2-5,11H,1H3,(H,14,16). The maximum atomic E-state index is 11.8. The van der Waals surface area contributed by atoms with Gasteiger partial charge in [-0.05, 0) is 24.0 Å². The highest BCUT2D eigenvalue weighted by Gasteiger charge is 2.28. The number of nitro groups is 1. The molecule has 1 atom stereocenters. The van der Waals surface area contributed by atoms with E-state index < -0.39 is 10.8 Å². The van der Waals surface area contributed by atoms with Crippen molar-refractivity contribution >= 4 is 35.1 Å². The number of hydrogen-bond acceptors (Lipinski definition) is 6. The highest BCUT2D eigenvalue weighted by molar-refractivity contribution is 8.22. The molecule has 1 aliphatic rings. The van der Waals surface area contributed by atoms with Crippen molar-refractivity contribution in [1.82, 2.24) is 5.32 Å². The lowest BCUT2D eigenvalue weighted by Crippen LogP contribution is -2.31. The molecule has 1 N–H and O–H groups in total. The monoisotopic (exact) mass is 307 g/mol. The van der Waals surface area contributed by atoms with E-state index in [2.05, 4.69) is 5.32 Å². The molecule has 1 amide bonds. The number of nitrogens with zero attached hydrogens (tertiary/aromatic N) is 2. The van der Waals surface area contributed by atoms with E-state index in [1.807, 2.05) is 6.07 Å². The molecule has 8 heteroatoms. The first-order chi connectivity index (χ1) is 9.56. The molecule has 0 fully saturated rings. The second kappa shape index (κ2) is 5.98. The third-order valence-corrected chi connectivity index (χ3v) is 5.03. The Morgan fingerprint density at radius 2 is 2.10 bits per heavy atom. The minimum atomic E-state index is -0.475. The van der Waals surface area contributed by atoms with Gasteiger partial charge < -0.3 is 5.32 Å². The number of benzene rings is 1. The smallest absolute Gasteiger partial charge is 0.269 e. The minimum Gasteiger partial charge on any atom is -0.335 e. The van der Waals surface area contributed by atoms with Crippen LogP contribution in [-0.4, -0.2) is 17.1 Å². The fraction of sp³-hybridized carbons (Fsp3) is 0.167. The third kappa shape index (κ3) is 2.79. The Balaban J connectivity index is 2.28. The Hall–Kier alpha value is -1.98. The summed E-state index contributed by atoms with van der Waals surface area (Å²) in [5.41, 5.74) is 0.859. The Kier molecular flexibility index (Phi) is 4.32. The van der Waals surface area contributed by atoms with Gasteiger partial charge in [-0.25, -0.2) is 0 Å². The normalized spacial score (nSPS) is 18.4. The Bertz CT molecular complexity index is 634. The van der Waals surface area contributed by atoms with Gasteiger partial charge in [0.25, 0.3) is 11.6 Å². The van der Waals surface area contributed by atoms with Gasteiger partial charge in [-0.2, -0.15) is 5.26 Å². The average Bonchev–Trinajstić information content (AvgIpc) is 2.46. The van der Waals surface area contributed by atoms with Crippen LogP contribution in [-0.2, 0) is 4.79 Å². The number of nitrogens with one attached hydrogen (secondary N) is 1. The fourth-order valence-corrected chi connectivity index (χ4v) is 3.59. The highest BCUT2D eigenvalue weighted by Crippen LogP contribution is 2.42. The largest absolute Gasteiger partial charge is 0.335 e. The summed E-state index contributed by atoms with van der Waals surface area (Å²) in [6, 6.07) is 7.88. The lowest BCUT2D eigenvalue weighted by atomic mass is 10.2. The molecule has 102 valence electrons. The number of non-ortho nitro benzene ring substituents is 1. The first-order valence-electron chi connectivity index (χ1n) is 5.47. The van der Waals surface area contributed by atoms with Crippen LogP contribution >= 0.6 is 23.5 Å². The Labute approximate surface area is 123 Å². The van der Waals surface area contributed by atoms with Gasteiger partial charge in [-0.3, -0.25) is 14.9 Å². The first-order valence-corrected chi connectivity index (χ1v) is 7.57. The molecule has 0 spiro atoms. The van der Waals surface area contributed by atoms with Crippen LogP contribution in [0.1, 0.15) is 10.9 Å². The van der Waals surface area contributed by atoms with Gasteiger partial charge in [-0.15, -0.1) is 11.8 Å². The van der Waals surface area contributed by atoms with Gasteiger partial charge in [0.1, 0.15) is 17.0 Å². The quantitative estimate of drug-likeness (QED) is 0.681. The summed E-state index contributed by atoms with van der Waals surface area (Å²) in [5.74, 6) is -0.418. The number of thioether (sulfide) groups is 2. The summed E-state index contributed by atoms with van der Waals surface area (Å²) in [5, 5.41) is 21.9. The van der Waals surface area contributed by atoms with E-state index in [1.54, 1.807) is 18.4 Å². The van der Waals surface area contributed by atoms with E-state index in [4.69, 9.17) is 5.26 Å². The summed E-state index contributed by atoms with van der Waals surface area (Å²) in [4.78, 5) is 22.0. The maximum absolute atomic E-state index is 11.8. The lowest BCUT2D eigenvalue weighted by molar-refractivity contribution is -0.384. The van der Waals surface area contributed by atoms with Crippen molar-refractivity contribution in [3.05, 3.63) is 49.8 Å². The highest BCUT2D eigenvalue weighted by atomic mass is 32.2. The van der Waals surface area contributed by atoms with E-state index in [0.29, 0.717) is 4.24 Å². The predicted octanol–water partition coefficient (Wildman–Crippen LogP) is 2.55. The number of hydrogen-bond donors (Lipinski definition) is 1. The number of nitro benzene ring substituents is 1. The molecular weight excluding hydrogens is 298 g/mol. The van der Waals surface area contributed by atoms with Gasteiger partial charge in [0.15, 0.2) is 0 Å². The molecule has 0 aliphatic carbocycles. The fourth-order valence-electron chi connectivity index (χ4n) is 1.65. The molecule has 2 rings (SSSR count). The molecular formula is C12H9N3O3S2. The third-order valence-electron chi connectivity index (χ3n) is 2.62. The molecule has 1 unspecified atom stereocenters. The number of rotatable bonds is 3. The molecule has 0 saturated carbocycles. The molecule has 0 saturated heterocycles. The Morgan fingerprint density at radius 3 is 2.60 bits per heavy atom. The van der Waals surface area contributed by atoms with Crippen LogP contribution < -0.4 is 5.32 Å². The number of carbonyl (C=O) groups excluding carboxylic acids is 1. The topological polar surface area (TPSA) is 96.0 Å². The van der Waals surface area contributed by atoms with Crippen LogP contribution in [0.15, 0.2) is 34.1 Å². The van der Waals surface area contributed by atoms with Crippen molar-refractivity contribution in [2.75, 3.05) is 6.26 Å². The van der Waals surface area contributed by atoms with Crippen molar-refractivity contribution in [2.45, 2.75) is 5.37 Å². The molecule has 1 aromatic rings. The molecule has 0 bridgehead atoms. The molecule has 0 aromatic heterocycles. The Morgan fingerprint density at radius 1 is 1.45 bits per heavy atom. The second-order valence-electron chi connectivity index (χ2n) is 3.80. The van der Waals surface area contributed by atoms with Crippen LogP contribution in [0.4, 0.5) is 5.69 Å². The summed E-state index contributed by atoms with van der Waals surface area (Å²) >= 11 is 2.69. The summed E-state index contributed by atoms with van der Waals surface area (Å²) in [6.07, 6.45) is 1.80. The van der Waals surface area contributed by atoms with Crippen LogP contribution in [0.5, 0.6) is 0 Å². The van der Waals surface area contributed by atoms with Crippen LogP contribution in [0, 0.1) is 21.4 Å². The molecule has 0 radical (unpaired) electrons. The number of carbonyl (C=O) groups is 1. The molecule has 6 nitrogen and oxygen atoms in total. The van der Waals surface area contributed by atoms with Crippen LogP contribution in [0.25, 0.3) is 0 Å². The predicted molar refractivity (Wildman–Crippen MR) is 77.7 cm³/mol. The van der Waals surface area contributed by atoms with E-state index in [0.717, 1.165) is 5.56 Å². The van der Waals surface area contributed by atoms with Gasteiger partial charge in [0, 0.05) is 12.1 Å². The second-order valence-corrected chi connectivity index (χ2v) is 5.99. The van der Waals surface area contributed by atoms with E-state index in [9.17, 15) is 14.9 Å². The number of nitriles is 1. The molecule has 20 heavy (non-hydrogen) atoms. The summed E-state index contributed by atoms with van der Waals surface area (Å²) < 4.78 is 0.652. The van der Waals surface area contributed by atoms with Gasteiger partial charge in [0.2, 0.25) is 0 Å². The van der Waals surface area contributed by atoms with Crippen molar-refractivity contribution in [3.8, 4) is 6.07 Å². The average molecular weight is 307 g/mol. The van der Waals surface area contributed by atoms with E-state index in [-0.39, 0.29) is 16.6 Å². The number of amides is 1. The first kappa shape index (κ1) is 14.4. The van der Waals surface area contributed by atoms with E-state index in [1.165, 1.54) is 35.7 Å². The summed E-state index contributed by atoms with van der Waals surface area (Å²) in [7, 11) is 0.